The summed E-state index contributed by atoms with van der Waals surface area (Å²) in [7, 11) is -8.66. The van der Waals surface area contributed by atoms with E-state index >= 15 is 0 Å². The Morgan fingerprint density at radius 3 is 1.24 bits per heavy atom. The van der Waals surface area contributed by atoms with E-state index in [9.17, 15) is 32.0 Å². The number of rotatable bonds is 30. The normalized spacial score (nSPS) is 15.6. The maximum Gasteiger partial charge on any atom is 1.00 e. The molecule has 0 saturated heterocycles. The Morgan fingerprint density at radius 1 is 0.620 bits per heavy atom. The van der Waals surface area contributed by atoms with Gasteiger partial charge in [-0.15, -0.1) is 0 Å². The average Bonchev–Trinajstić information content (AvgIpc) is 3.07. The van der Waals surface area contributed by atoms with E-state index < -0.39 is 41.6 Å². The van der Waals surface area contributed by atoms with Crippen LogP contribution in [0.5, 0.6) is 0 Å². The van der Waals surface area contributed by atoms with E-state index in [4.69, 9.17) is 18.5 Å². The quantitative estimate of drug-likeness (QED) is 0.0341. The van der Waals surface area contributed by atoms with E-state index in [0.717, 1.165) is 103 Å². The fraction of sp³-hybridized carbons (Fsp3) is 0.944. The summed E-state index contributed by atoms with van der Waals surface area (Å²) < 4.78 is 65.0. The summed E-state index contributed by atoms with van der Waals surface area (Å²) in [5.74, 6) is -0.919. The summed E-state index contributed by atoms with van der Waals surface area (Å²) in [5, 5.41) is -1.95. The summed E-state index contributed by atoms with van der Waals surface area (Å²) >= 11 is 0. The molecule has 0 fully saturated rings. The van der Waals surface area contributed by atoms with Gasteiger partial charge in [0.2, 0.25) is 0 Å². The van der Waals surface area contributed by atoms with Crippen LogP contribution in [0, 0.1) is 23.7 Å². The summed E-state index contributed by atoms with van der Waals surface area (Å²) in [6, 6.07) is 0. The molecule has 0 spiro atoms. The molecule has 0 aliphatic carbocycles. The zero-order valence-corrected chi connectivity index (χ0v) is 36.9. The molecule has 2 N–H and O–H groups in total. The van der Waals surface area contributed by atoms with Crippen molar-refractivity contribution in [1.29, 1.82) is 0 Å². The third-order valence-electron chi connectivity index (χ3n) is 9.04. The van der Waals surface area contributed by atoms with Crippen LogP contribution in [0.2, 0.25) is 0 Å². The van der Waals surface area contributed by atoms with Gasteiger partial charge < -0.3 is 15.8 Å². The van der Waals surface area contributed by atoms with Crippen molar-refractivity contribution in [3.8, 4) is 0 Å². The van der Waals surface area contributed by atoms with Crippen LogP contribution in [0.4, 0.5) is 0 Å². The number of ether oxygens (including phenoxy) is 2. The Hall–Kier alpha value is -0.0400. The minimum atomic E-state index is -4.76. The van der Waals surface area contributed by atoms with Crippen LogP contribution >= 0.6 is 7.82 Å². The number of carbonyl (C=O) groups excluding carboxylic acids is 2. The molecule has 0 aliphatic rings. The Balaban J connectivity index is -0.000000433. The zero-order chi connectivity index (χ0) is 37.7. The van der Waals surface area contributed by atoms with Gasteiger partial charge in [0, 0.05) is 0 Å². The molecule has 0 bridgehead atoms. The second-order valence-corrected chi connectivity index (χ2v) is 16.3. The van der Waals surface area contributed by atoms with Crippen molar-refractivity contribution in [2.75, 3.05) is 26.4 Å². The number of hydrogen-bond donors (Lipinski definition) is 2. The van der Waals surface area contributed by atoms with Crippen LogP contribution in [0.15, 0.2) is 0 Å². The number of esters is 2. The minimum Gasteiger partial charge on any atom is -1.00 e. The van der Waals surface area contributed by atoms with Gasteiger partial charge in [-0.3, -0.25) is 23.2 Å². The maximum atomic E-state index is 12.2. The first-order valence-electron chi connectivity index (χ1n) is 19.1. The van der Waals surface area contributed by atoms with Crippen LogP contribution < -0.4 is 29.6 Å². The monoisotopic (exact) mass is 768 g/mol. The van der Waals surface area contributed by atoms with E-state index in [0.29, 0.717) is 25.0 Å². The number of phosphoric acid groups is 1. The number of carbonyl (C=O) groups is 2. The van der Waals surface area contributed by atoms with Crippen LogP contribution in [0.3, 0.4) is 0 Å². The molecule has 5 atom stereocenters. The molecule has 5 unspecified atom stereocenters. The molecule has 14 heteroatoms. The van der Waals surface area contributed by atoms with Crippen LogP contribution in [0.25, 0.3) is 0 Å². The van der Waals surface area contributed by atoms with E-state index in [1.165, 1.54) is 0 Å². The first-order valence-corrected chi connectivity index (χ1v) is 22.1. The molecule has 0 saturated carbocycles. The van der Waals surface area contributed by atoms with E-state index in [1.807, 2.05) is 13.8 Å². The van der Waals surface area contributed by atoms with Gasteiger partial charge in [-0.2, -0.15) is 8.42 Å². The van der Waals surface area contributed by atoms with Gasteiger partial charge >= 0.3 is 49.3 Å². The molecule has 50 heavy (non-hydrogen) atoms. The summed E-state index contributed by atoms with van der Waals surface area (Å²) in [6.07, 6.45) is 15.3. The van der Waals surface area contributed by atoms with Crippen molar-refractivity contribution < 1.29 is 81.5 Å². The molecule has 11 nitrogen and oxygen atoms in total. The van der Waals surface area contributed by atoms with Crippen molar-refractivity contribution in [2.45, 2.75) is 170 Å². The summed E-state index contributed by atoms with van der Waals surface area (Å²) in [6.45, 7) is 17.5. The largest absolute Gasteiger partial charge is 1.00 e. The molecule has 0 amide bonds. The SMILES string of the molecule is CCCCC(CC)COC(=O)CC(C(=O)OCC(CC)CCCC)S(=O)(=O)O.CCCCC(CC)COP(=O)(O)OCC(CC)CCCC.[H-].[Na+]. The van der Waals surface area contributed by atoms with Gasteiger partial charge in [0.25, 0.3) is 10.1 Å². The summed E-state index contributed by atoms with van der Waals surface area (Å²) in [4.78, 5) is 34.0. The van der Waals surface area contributed by atoms with Crippen molar-refractivity contribution >= 4 is 29.9 Å². The number of hydrogen-bond acceptors (Lipinski definition) is 9. The van der Waals surface area contributed by atoms with Gasteiger partial charge in [0.1, 0.15) is 0 Å². The first kappa shape index (κ1) is 54.3. The molecule has 0 aliphatic heterocycles. The summed E-state index contributed by atoms with van der Waals surface area (Å²) in [5.41, 5.74) is 0. The van der Waals surface area contributed by atoms with Crippen molar-refractivity contribution in [2.24, 2.45) is 23.7 Å². The third-order valence-corrected chi connectivity index (χ3v) is 11.1. The van der Waals surface area contributed by atoms with Crippen LogP contribution in [-0.4, -0.2) is 61.5 Å². The number of unbranched alkanes of at least 4 members (excludes halogenated alkanes) is 4. The Labute approximate surface area is 329 Å². The molecule has 0 heterocycles. The third kappa shape index (κ3) is 29.4. The molecular formula is C36H74NaO11PS. The fourth-order valence-electron chi connectivity index (χ4n) is 5.05. The van der Waals surface area contributed by atoms with Crippen molar-refractivity contribution in [1.82, 2.24) is 0 Å². The zero-order valence-electron chi connectivity index (χ0n) is 34.2. The Morgan fingerprint density at radius 2 is 0.940 bits per heavy atom. The molecule has 0 aromatic heterocycles. The average molecular weight is 769 g/mol. The van der Waals surface area contributed by atoms with Crippen LogP contribution in [0.1, 0.15) is 166 Å². The van der Waals surface area contributed by atoms with Crippen molar-refractivity contribution in [3.63, 3.8) is 0 Å². The van der Waals surface area contributed by atoms with Gasteiger partial charge in [-0.1, -0.05) is 132 Å². The van der Waals surface area contributed by atoms with Gasteiger partial charge in [-0.25, -0.2) is 4.57 Å². The van der Waals surface area contributed by atoms with Gasteiger partial charge in [0.15, 0.2) is 5.25 Å². The van der Waals surface area contributed by atoms with Gasteiger partial charge in [-0.05, 0) is 49.4 Å². The Bertz CT molecular complexity index is 966. The number of phosphoric ester groups is 1. The van der Waals surface area contributed by atoms with E-state index in [2.05, 4.69) is 41.5 Å². The second-order valence-electron chi connectivity index (χ2n) is 13.2. The smallest absolute Gasteiger partial charge is 1.00 e. The van der Waals surface area contributed by atoms with Gasteiger partial charge in [0.05, 0.1) is 32.8 Å². The topological polar surface area (TPSA) is 163 Å². The molecule has 0 radical (unpaired) electrons. The molecule has 0 aromatic carbocycles. The maximum absolute atomic E-state index is 12.2. The molecule has 0 aromatic rings. The predicted octanol–water partition coefficient (Wildman–Crippen LogP) is 6.82. The second kappa shape index (κ2) is 33.5. The van der Waals surface area contributed by atoms with Crippen molar-refractivity contribution in [3.05, 3.63) is 0 Å². The first-order chi connectivity index (χ1) is 23.2. The van der Waals surface area contributed by atoms with E-state index in [-0.39, 0.29) is 56.0 Å². The fourth-order valence-corrected chi connectivity index (χ4v) is 6.58. The molecule has 296 valence electrons. The van der Waals surface area contributed by atoms with Crippen LogP contribution in [-0.2, 0) is 42.8 Å². The molecular weight excluding hydrogens is 694 g/mol. The Kier molecular flexibility index (Phi) is 36.4. The standard InChI is InChI=1S/C20H38O7S.C16H35O4P.Na.H/c1-5-9-11-16(7-3)14-26-19(21)13-18(28(23,24)25)20(22)27-15-17(8-4)12-10-6-2;1-5-9-11-15(7-3)13-19-21(17,18)20-14-16(8-4)12-10-6-2;;/h16-18H,5-15H2,1-4H3,(H,23,24,25);15-16H,5-14H2,1-4H3,(H,17,18);;/q;;+1;-1. The minimum absolute atomic E-state index is 0. The van der Waals surface area contributed by atoms with E-state index in [1.54, 1.807) is 0 Å². The predicted molar refractivity (Wildman–Crippen MR) is 198 cm³/mol. The molecule has 0 rings (SSSR count).